The normalized spacial score (nSPS) is 15.2. The van der Waals surface area contributed by atoms with Crippen LogP contribution in [0.15, 0.2) is 36.4 Å². The zero-order chi connectivity index (χ0) is 18.1. The fourth-order valence-electron chi connectivity index (χ4n) is 3.19. The number of hydrogen-bond acceptors (Lipinski definition) is 5. The summed E-state index contributed by atoms with van der Waals surface area (Å²) < 4.78 is 16.2. The smallest absolute Gasteiger partial charge is 0.249 e. The van der Waals surface area contributed by atoms with E-state index in [1.807, 2.05) is 31.3 Å². The van der Waals surface area contributed by atoms with Crippen molar-refractivity contribution in [1.29, 1.82) is 0 Å². The first-order valence-corrected chi connectivity index (χ1v) is 8.42. The monoisotopic (exact) mass is 354 g/mol. The van der Waals surface area contributed by atoms with Crippen LogP contribution in [0.4, 0.5) is 10.3 Å². The number of pyridine rings is 1. The number of amides is 1. The number of fused-ring (bicyclic) bond motifs is 1. The summed E-state index contributed by atoms with van der Waals surface area (Å²) in [7, 11) is 1.94. The van der Waals surface area contributed by atoms with Gasteiger partial charge in [-0.3, -0.25) is 15.0 Å². The largest absolute Gasteiger partial charge is 0.315 e. The molecule has 0 atom stereocenters. The molecule has 1 saturated heterocycles. The standard InChI is InChI=1S/C18H19FN6O/c1-20-14-9-24(10-14)8-13-6-5-12(7-15(13)19)16-3-2-4-17-22-18(21-11-26)23-25(16)17/h2-7,11,14,20H,8-10H2,1H3,(H,21,23,26). The molecule has 0 spiro atoms. The molecule has 3 heterocycles. The molecular weight excluding hydrogens is 335 g/mol. The number of carbonyl (C=O) groups excluding carboxylic acids is 1. The molecule has 0 aliphatic carbocycles. The average Bonchev–Trinajstić information content (AvgIpc) is 3.01. The number of benzene rings is 1. The maximum atomic E-state index is 14.6. The van der Waals surface area contributed by atoms with Crippen molar-refractivity contribution in [3.05, 3.63) is 47.8 Å². The molecule has 2 N–H and O–H groups in total. The van der Waals surface area contributed by atoms with Gasteiger partial charge in [0.15, 0.2) is 5.65 Å². The summed E-state index contributed by atoms with van der Waals surface area (Å²) in [6.07, 6.45) is 0.525. The van der Waals surface area contributed by atoms with E-state index in [-0.39, 0.29) is 11.8 Å². The van der Waals surface area contributed by atoms with Crippen molar-refractivity contribution in [2.75, 3.05) is 25.5 Å². The minimum absolute atomic E-state index is 0.210. The number of halogens is 1. The third kappa shape index (κ3) is 3.04. The van der Waals surface area contributed by atoms with Crippen LogP contribution in [0, 0.1) is 5.82 Å². The van der Waals surface area contributed by atoms with E-state index in [4.69, 9.17) is 0 Å². The highest BCUT2D eigenvalue weighted by atomic mass is 19.1. The number of likely N-dealkylation sites (tertiary alicyclic amines) is 1. The number of nitrogens with one attached hydrogen (secondary N) is 2. The maximum Gasteiger partial charge on any atom is 0.249 e. The van der Waals surface area contributed by atoms with Gasteiger partial charge in [0, 0.05) is 36.8 Å². The van der Waals surface area contributed by atoms with Crippen molar-refractivity contribution in [2.24, 2.45) is 0 Å². The van der Waals surface area contributed by atoms with E-state index in [1.54, 1.807) is 10.6 Å². The Morgan fingerprint density at radius 3 is 2.88 bits per heavy atom. The van der Waals surface area contributed by atoms with Gasteiger partial charge in [0.1, 0.15) is 5.82 Å². The Morgan fingerprint density at radius 2 is 2.15 bits per heavy atom. The van der Waals surface area contributed by atoms with Crippen LogP contribution in [0.2, 0.25) is 0 Å². The van der Waals surface area contributed by atoms with Gasteiger partial charge in [0.2, 0.25) is 12.4 Å². The minimum Gasteiger partial charge on any atom is -0.315 e. The third-order valence-electron chi connectivity index (χ3n) is 4.66. The molecule has 1 fully saturated rings. The quantitative estimate of drug-likeness (QED) is 0.657. The summed E-state index contributed by atoms with van der Waals surface area (Å²) in [4.78, 5) is 17.0. The third-order valence-corrected chi connectivity index (χ3v) is 4.66. The second-order valence-corrected chi connectivity index (χ2v) is 6.36. The summed E-state index contributed by atoms with van der Waals surface area (Å²) in [5.41, 5.74) is 2.67. The molecule has 4 rings (SSSR count). The summed E-state index contributed by atoms with van der Waals surface area (Å²) in [6, 6.07) is 11.2. The Hall–Kier alpha value is -2.84. The van der Waals surface area contributed by atoms with Crippen molar-refractivity contribution in [3.63, 3.8) is 0 Å². The van der Waals surface area contributed by atoms with Gasteiger partial charge in [0.05, 0.1) is 5.69 Å². The minimum atomic E-state index is -0.237. The first-order valence-electron chi connectivity index (χ1n) is 8.42. The molecule has 2 aromatic heterocycles. The van der Waals surface area contributed by atoms with Gasteiger partial charge in [-0.25, -0.2) is 8.91 Å². The molecule has 7 nitrogen and oxygen atoms in total. The van der Waals surface area contributed by atoms with Crippen molar-refractivity contribution in [1.82, 2.24) is 24.8 Å². The lowest BCUT2D eigenvalue weighted by atomic mass is 10.0. The Bertz CT molecular complexity index is 950. The molecule has 26 heavy (non-hydrogen) atoms. The topological polar surface area (TPSA) is 74.6 Å². The van der Waals surface area contributed by atoms with Crippen LogP contribution in [0.25, 0.3) is 16.9 Å². The SMILES string of the molecule is CNC1CN(Cc2ccc(-c3cccc4nc(NC=O)nn34)cc2F)C1. The van der Waals surface area contributed by atoms with Crippen molar-refractivity contribution < 1.29 is 9.18 Å². The Kier molecular flexibility index (Phi) is 4.36. The summed E-state index contributed by atoms with van der Waals surface area (Å²) in [5, 5.41) is 9.89. The van der Waals surface area contributed by atoms with Crippen LogP contribution in [0.3, 0.4) is 0 Å². The molecule has 1 aliphatic heterocycles. The molecule has 0 bridgehead atoms. The molecular formula is C18H19FN6O. The Labute approximate surface area is 149 Å². The molecule has 134 valence electrons. The molecule has 0 unspecified atom stereocenters. The summed E-state index contributed by atoms with van der Waals surface area (Å²) in [6.45, 7) is 2.47. The van der Waals surface area contributed by atoms with E-state index in [9.17, 15) is 9.18 Å². The van der Waals surface area contributed by atoms with Gasteiger partial charge in [-0.15, -0.1) is 5.10 Å². The highest BCUT2D eigenvalue weighted by Crippen LogP contribution is 2.24. The van der Waals surface area contributed by atoms with E-state index in [0.29, 0.717) is 41.5 Å². The molecule has 8 heteroatoms. The first kappa shape index (κ1) is 16.6. The summed E-state index contributed by atoms with van der Waals surface area (Å²) in [5.74, 6) is -0.0276. The molecule has 1 aliphatic rings. The lowest BCUT2D eigenvalue weighted by Crippen LogP contribution is -2.56. The molecule has 0 radical (unpaired) electrons. The van der Waals surface area contributed by atoms with E-state index in [0.717, 1.165) is 13.1 Å². The van der Waals surface area contributed by atoms with Crippen molar-refractivity contribution >= 4 is 18.0 Å². The second-order valence-electron chi connectivity index (χ2n) is 6.36. The summed E-state index contributed by atoms with van der Waals surface area (Å²) >= 11 is 0. The molecule has 3 aromatic rings. The number of aromatic nitrogens is 3. The number of hydrogen-bond donors (Lipinski definition) is 2. The zero-order valence-corrected chi connectivity index (χ0v) is 14.3. The van der Waals surface area contributed by atoms with E-state index >= 15 is 0 Å². The maximum absolute atomic E-state index is 14.6. The lowest BCUT2D eigenvalue weighted by molar-refractivity contribution is -0.105. The van der Waals surface area contributed by atoms with Crippen LogP contribution in [0.1, 0.15) is 5.56 Å². The van der Waals surface area contributed by atoms with E-state index in [1.165, 1.54) is 6.07 Å². The van der Waals surface area contributed by atoms with Gasteiger partial charge < -0.3 is 5.32 Å². The van der Waals surface area contributed by atoms with Crippen molar-refractivity contribution in [3.8, 4) is 11.3 Å². The van der Waals surface area contributed by atoms with Gasteiger partial charge in [-0.1, -0.05) is 18.2 Å². The fraction of sp³-hybridized carbons (Fsp3) is 0.278. The second kappa shape index (κ2) is 6.81. The number of anilines is 1. The first-order chi connectivity index (χ1) is 12.7. The van der Waals surface area contributed by atoms with Crippen LogP contribution in [-0.2, 0) is 11.3 Å². The van der Waals surface area contributed by atoms with Crippen LogP contribution >= 0.6 is 0 Å². The molecule has 1 amide bonds. The molecule has 0 saturated carbocycles. The number of nitrogens with zero attached hydrogens (tertiary/aromatic N) is 4. The highest BCUT2D eigenvalue weighted by Gasteiger charge is 2.25. The number of likely N-dealkylation sites (N-methyl/N-ethyl adjacent to an activating group) is 1. The van der Waals surface area contributed by atoms with Gasteiger partial charge in [0.25, 0.3) is 0 Å². The Morgan fingerprint density at radius 1 is 1.31 bits per heavy atom. The van der Waals surface area contributed by atoms with Crippen molar-refractivity contribution in [2.45, 2.75) is 12.6 Å². The average molecular weight is 354 g/mol. The van der Waals surface area contributed by atoms with Gasteiger partial charge in [-0.2, -0.15) is 4.98 Å². The van der Waals surface area contributed by atoms with Crippen LogP contribution < -0.4 is 10.6 Å². The highest BCUT2D eigenvalue weighted by molar-refractivity contribution is 5.69. The Balaban J connectivity index is 1.61. The predicted molar refractivity (Wildman–Crippen MR) is 96.2 cm³/mol. The zero-order valence-electron chi connectivity index (χ0n) is 14.3. The fourth-order valence-corrected chi connectivity index (χ4v) is 3.19. The number of rotatable bonds is 6. The van der Waals surface area contributed by atoms with Crippen LogP contribution in [0.5, 0.6) is 0 Å². The van der Waals surface area contributed by atoms with Gasteiger partial charge in [-0.05, 0) is 25.2 Å². The number of carbonyl (C=O) groups is 1. The van der Waals surface area contributed by atoms with E-state index in [2.05, 4.69) is 25.6 Å². The predicted octanol–water partition coefficient (Wildman–Crippen LogP) is 1.51. The lowest BCUT2D eigenvalue weighted by Gasteiger charge is -2.39. The molecule has 1 aromatic carbocycles. The van der Waals surface area contributed by atoms with Gasteiger partial charge >= 0.3 is 0 Å². The van der Waals surface area contributed by atoms with Crippen LogP contribution in [-0.4, -0.2) is 52.1 Å². The van der Waals surface area contributed by atoms with E-state index < -0.39 is 0 Å².